The van der Waals surface area contributed by atoms with E-state index < -0.39 is 30.7 Å². The van der Waals surface area contributed by atoms with E-state index in [1.807, 2.05) is 0 Å². The quantitative estimate of drug-likeness (QED) is 0.622. The molecule has 3 heterocycles. The van der Waals surface area contributed by atoms with Gasteiger partial charge in [0.15, 0.2) is 0 Å². The zero-order chi connectivity index (χ0) is 20.1. The number of carbonyl (C=O) groups is 1. The van der Waals surface area contributed by atoms with Crippen LogP contribution in [-0.4, -0.2) is 49.4 Å². The van der Waals surface area contributed by atoms with Crippen LogP contribution in [0.25, 0.3) is 5.78 Å². The number of amides is 1. The number of aryl methyl sites for hydroxylation is 1. The molecule has 0 aliphatic carbocycles. The van der Waals surface area contributed by atoms with Gasteiger partial charge in [-0.25, -0.2) is 18.3 Å². The Kier molecular flexibility index (Phi) is 4.71. The molecule has 6 nitrogen and oxygen atoms in total. The number of carbonyl (C=O) groups excluding carboxylic acids is 1. The zero-order valence-corrected chi connectivity index (χ0v) is 16.3. The highest BCUT2D eigenvalue weighted by molar-refractivity contribution is 6.35. The molecule has 0 bridgehead atoms. The summed E-state index contributed by atoms with van der Waals surface area (Å²) in [5.74, 6) is -3.89. The Morgan fingerprint density at radius 3 is 2.64 bits per heavy atom. The van der Waals surface area contributed by atoms with Crippen molar-refractivity contribution in [1.29, 1.82) is 0 Å². The van der Waals surface area contributed by atoms with Crippen LogP contribution in [0.15, 0.2) is 30.6 Å². The molecule has 1 aliphatic rings. The summed E-state index contributed by atoms with van der Waals surface area (Å²) >= 11 is 11.9. The molecule has 1 saturated heterocycles. The number of aromatic nitrogens is 4. The van der Waals surface area contributed by atoms with Crippen LogP contribution < -0.4 is 0 Å². The van der Waals surface area contributed by atoms with Gasteiger partial charge in [0.2, 0.25) is 0 Å². The van der Waals surface area contributed by atoms with Crippen LogP contribution in [0.4, 0.5) is 8.78 Å². The number of alkyl halides is 2. The van der Waals surface area contributed by atoms with Crippen LogP contribution in [0.3, 0.4) is 0 Å². The second-order valence-electron chi connectivity index (χ2n) is 6.90. The lowest BCUT2D eigenvalue weighted by Gasteiger charge is -2.37. The summed E-state index contributed by atoms with van der Waals surface area (Å²) in [5.41, 5.74) is 1.36. The summed E-state index contributed by atoms with van der Waals surface area (Å²) in [6.45, 7) is 1.20. The Labute approximate surface area is 169 Å². The predicted octanol–water partition coefficient (Wildman–Crippen LogP) is 4.00. The highest BCUT2D eigenvalue weighted by atomic mass is 35.5. The van der Waals surface area contributed by atoms with Crippen molar-refractivity contribution in [3.8, 4) is 0 Å². The number of nitrogens with zero attached hydrogens (tertiary/aromatic N) is 5. The lowest BCUT2D eigenvalue weighted by molar-refractivity contribution is -0.0641. The van der Waals surface area contributed by atoms with Gasteiger partial charge in [0, 0.05) is 40.2 Å². The Bertz CT molecular complexity index is 1050. The van der Waals surface area contributed by atoms with Gasteiger partial charge in [0.05, 0.1) is 12.2 Å². The number of fused-ring (bicyclic) bond motifs is 1. The van der Waals surface area contributed by atoms with E-state index in [1.54, 1.807) is 13.0 Å². The second kappa shape index (κ2) is 6.93. The fourth-order valence-corrected chi connectivity index (χ4v) is 4.09. The van der Waals surface area contributed by atoms with Crippen molar-refractivity contribution < 1.29 is 13.6 Å². The third kappa shape index (κ3) is 3.66. The van der Waals surface area contributed by atoms with E-state index in [0.717, 1.165) is 4.90 Å². The highest BCUT2D eigenvalue weighted by Gasteiger charge is 2.43. The van der Waals surface area contributed by atoms with E-state index in [2.05, 4.69) is 15.1 Å². The van der Waals surface area contributed by atoms with Crippen molar-refractivity contribution >= 4 is 34.9 Å². The van der Waals surface area contributed by atoms with Gasteiger partial charge in [0.25, 0.3) is 17.6 Å². The first-order valence-corrected chi connectivity index (χ1v) is 9.28. The lowest BCUT2D eigenvalue weighted by Crippen LogP contribution is -2.49. The first kappa shape index (κ1) is 19.0. The number of piperidine rings is 1. The van der Waals surface area contributed by atoms with Gasteiger partial charge in [-0.15, -0.1) is 0 Å². The summed E-state index contributed by atoms with van der Waals surface area (Å²) in [6.07, 6.45) is 0.925. The molecule has 28 heavy (non-hydrogen) atoms. The fraction of sp³-hybridized carbons (Fsp3) is 0.333. The molecule has 1 aliphatic heterocycles. The maximum absolute atomic E-state index is 14.5. The summed E-state index contributed by atoms with van der Waals surface area (Å²) in [4.78, 5) is 22.3. The Morgan fingerprint density at radius 1 is 1.21 bits per heavy atom. The standard InChI is InChI=1S/C18H15Cl2F2N5O/c1-10-2-15(27-17(25-10)23-9-24-27)12-6-18(21,22)8-26(7-12)16(28)11-3-13(19)5-14(20)4-11/h2-5,9,12H,6-8H2,1H3. The topological polar surface area (TPSA) is 63.4 Å². The molecule has 1 fully saturated rings. The van der Waals surface area contributed by atoms with Gasteiger partial charge in [-0.2, -0.15) is 10.1 Å². The third-order valence-corrected chi connectivity index (χ3v) is 5.07. The van der Waals surface area contributed by atoms with E-state index in [1.165, 1.54) is 29.0 Å². The van der Waals surface area contributed by atoms with Crippen LogP contribution in [0.2, 0.25) is 10.0 Å². The minimum absolute atomic E-state index is 0.108. The minimum Gasteiger partial charge on any atom is -0.332 e. The van der Waals surface area contributed by atoms with Gasteiger partial charge < -0.3 is 4.90 Å². The molecule has 0 saturated carbocycles. The number of rotatable bonds is 2. The van der Waals surface area contributed by atoms with Gasteiger partial charge >= 0.3 is 0 Å². The number of halogens is 4. The van der Waals surface area contributed by atoms with Gasteiger partial charge in [-0.1, -0.05) is 23.2 Å². The van der Waals surface area contributed by atoms with E-state index >= 15 is 0 Å². The molecular formula is C18H15Cl2F2N5O. The van der Waals surface area contributed by atoms with Crippen molar-refractivity contribution in [1.82, 2.24) is 24.5 Å². The van der Waals surface area contributed by atoms with Crippen molar-refractivity contribution in [2.45, 2.75) is 25.2 Å². The van der Waals surface area contributed by atoms with Crippen molar-refractivity contribution in [3.05, 3.63) is 57.6 Å². The molecule has 4 rings (SSSR count). The van der Waals surface area contributed by atoms with Crippen LogP contribution >= 0.6 is 23.2 Å². The molecule has 1 amide bonds. The average molecular weight is 426 g/mol. The normalized spacial score (nSPS) is 19.2. The van der Waals surface area contributed by atoms with Gasteiger partial charge in [-0.3, -0.25) is 4.79 Å². The maximum Gasteiger partial charge on any atom is 0.266 e. The number of likely N-dealkylation sites (tertiary alicyclic amines) is 1. The number of hydrogen-bond donors (Lipinski definition) is 0. The largest absolute Gasteiger partial charge is 0.332 e. The first-order valence-electron chi connectivity index (χ1n) is 8.52. The number of benzene rings is 1. The van der Waals surface area contributed by atoms with Crippen LogP contribution in [-0.2, 0) is 0 Å². The minimum atomic E-state index is -3.05. The van der Waals surface area contributed by atoms with Crippen molar-refractivity contribution in [3.63, 3.8) is 0 Å². The Morgan fingerprint density at radius 2 is 1.93 bits per heavy atom. The lowest BCUT2D eigenvalue weighted by atomic mass is 9.91. The SMILES string of the molecule is Cc1cc(C2CN(C(=O)c3cc(Cl)cc(Cl)c3)CC(F)(F)C2)n2ncnc2n1. The van der Waals surface area contributed by atoms with Gasteiger partial charge in [0.1, 0.15) is 6.33 Å². The maximum atomic E-state index is 14.5. The van der Waals surface area contributed by atoms with E-state index in [9.17, 15) is 13.6 Å². The van der Waals surface area contributed by atoms with Crippen molar-refractivity contribution in [2.24, 2.45) is 0 Å². The predicted molar refractivity (Wildman–Crippen MR) is 100 cm³/mol. The smallest absolute Gasteiger partial charge is 0.266 e. The molecule has 0 N–H and O–H groups in total. The molecule has 2 aromatic heterocycles. The van der Waals surface area contributed by atoms with E-state index in [-0.39, 0.29) is 22.2 Å². The van der Waals surface area contributed by atoms with Crippen LogP contribution in [0, 0.1) is 6.92 Å². The zero-order valence-electron chi connectivity index (χ0n) is 14.7. The van der Waals surface area contributed by atoms with Gasteiger partial charge in [-0.05, 0) is 31.2 Å². The second-order valence-corrected chi connectivity index (χ2v) is 7.77. The Hall–Kier alpha value is -2.32. The Balaban J connectivity index is 1.71. The molecule has 3 aromatic rings. The molecule has 1 atom stereocenters. The molecule has 0 radical (unpaired) electrons. The monoisotopic (exact) mass is 425 g/mol. The summed E-state index contributed by atoms with van der Waals surface area (Å²) in [7, 11) is 0. The van der Waals surface area contributed by atoms with Crippen molar-refractivity contribution in [2.75, 3.05) is 13.1 Å². The summed E-state index contributed by atoms with van der Waals surface area (Å²) in [6, 6.07) is 6.02. The first-order chi connectivity index (χ1) is 13.2. The summed E-state index contributed by atoms with van der Waals surface area (Å²) in [5, 5.41) is 4.63. The van der Waals surface area contributed by atoms with E-state index in [0.29, 0.717) is 17.2 Å². The fourth-order valence-electron chi connectivity index (χ4n) is 3.56. The molecule has 1 aromatic carbocycles. The average Bonchev–Trinajstić information content (AvgIpc) is 3.06. The van der Waals surface area contributed by atoms with Crippen LogP contribution in [0.1, 0.15) is 34.1 Å². The molecular weight excluding hydrogens is 411 g/mol. The molecule has 146 valence electrons. The molecule has 0 spiro atoms. The summed E-state index contributed by atoms with van der Waals surface area (Å²) < 4.78 is 30.5. The highest BCUT2D eigenvalue weighted by Crippen LogP contribution is 2.37. The molecule has 10 heteroatoms. The molecule has 1 unspecified atom stereocenters. The number of hydrogen-bond acceptors (Lipinski definition) is 4. The van der Waals surface area contributed by atoms with Crippen LogP contribution in [0.5, 0.6) is 0 Å². The van der Waals surface area contributed by atoms with E-state index in [4.69, 9.17) is 23.2 Å². The third-order valence-electron chi connectivity index (χ3n) is 4.63.